The molecule has 4 atom stereocenters. The summed E-state index contributed by atoms with van der Waals surface area (Å²) in [7, 11) is 0. The Morgan fingerprint density at radius 1 is 1.10 bits per heavy atom. The maximum absolute atomic E-state index is 6.65. The van der Waals surface area contributed by atoms with E-state index in [0.717, 1.165) is 49.2 Å². The lowest BCUT2D eigenvalue weighted by molar-refractivity contribution is -0.198. The second kappa shape index (κ2) is 10.9. The molecule has 6 rings (SSSR count). The Kier molecular flexibility index (Phi) is 7.49. The zero-order valence-corrected chi connectivity index (χ0v) is 25.8. The van der Waals surface area contributed by atoms with Crippen molar-refractivity contribution in [2.24, 2.45) is 0 Å². The average molecular weight is 577 g/mol. The third-order valence-electron chi connectivity index (χ3n) is 8.44. The fourth-order valence-electron chi connectivity index (χ4n) is 6.13. The molecule has 2 aliphatic heterocycles. The van der Waals surface area contributed by atoms with Crippen molar-refractivity contribution in [2.75, 3.05) is 18.8 Å². The molecule has 0 radical (unpaired) electrons. The van der Waals surface area contributed by atoms with E-state index in [9.17, 15) is 0 Å². The monoisotopic (exact) mass is 576 g/mol. The van der Waals surface area contributed by atoms with E-state index in [2.05, 4.69) is 77.7 Å². The molecule has 0 aliphatic carbocycles. The van der Waals surface area contributed by atoms with Crippen molar-refractivity contribution in [3.05, 3.63) is 42.2 Å². The topological polar surface area (TPSA) is 129 Å². The van der Waals surface area contributed by atoms with Crippen LogP contribution in [0.15, 0.2) is 30.9 Å². The van der Waals surface area contributed by atoms with Gasteiger partial charge in [-0.25, -0.2) is 19.9 Å². The van der Waals surface area contributed by atoms with E-state index < -0.39 is 12.0 Å². The number of nitrogens with zero attached hydrogens (tertiary/aromatic N) is 6. The van der Waals surface area contributed by atoms with Crippen molar-refractivity contribution >= 4 is 28.0 Å². The Balaban J connectivity index is 1.11. The first kappa shape index (κ1) is 29.0. The lowest BCUT2D eigenvalue weighted by Gasteiger charge is -2.31. The normalized spacial score (nSPS) is 24.0. The number of anilines is 1. The van der Waals surface area contributed by atoms with Crippen LogP contribution in [0.1, 0.15) is 78.9 Å². The summed E-state index contributed by atoms with van der Waals surface area (Å²) in [5, 5.41) is 0. The number of nitrogen functional groups attached to an aromatic ring is 1. The molecule has 4 aromatic rings. The highest BCUT2D eigenvalue weighted by Crippen LogP contribution is 2.44. The second-order valence-corrected chi connectivity index (χ2v) is 13.4. The minimum Gasteiger partial charge on any atom is -0.382 e. The molecule has 0 amide bonds. The first-order valence-corrected chi connectivity index (χ1v) is 15.1. The molecule has 2 fully saturated rings. The van der Waals surface area contributed by atoms with Gasteiger partial charge in [-0.1, -0.05) is 26.8 Å². The number of rotatable bonds is 9. The molecule has 3 N–H and O–H groups in total. The SMILES string of the molecule is CC(C)N(CCCCc1nc2ccc(C(C)(C)C)cc2[nH]1)C[C@H]1O[C@@H](n2cnc3c(N)ncnc32)[C@H]2OC(C)(C)O[C@@H]21. The maximum atomic E-state index is 6.65. The highest BCUT2D eigenvalue weighted by atomic mass is 16.8. The van der Waals surface area contributed by atoms with Crippen LogP contribution in [0.3, 0.4) is 0 Å². The van der Waals surface area contributed by atoms with Gasteiger partial charge < -0.3 is 24.9 Å². The van der Waals surface area contributed by atoms with E-state index in [1.807, 2.05) is 18.4 Å². The quantitative estimate of drug-likeness (QED) is 0.272. The van der Waals surface area contributed by atoms with Crippen LogP contribution in [-0.4, -0.2) is 77.6 Å². The summed E-state index contributed by atoms with van der Waals surface area (Å²) in [4.78, 5) is 23.8. The number of hydrogen-bond donors (Lipinski definition) is 2. The average Bonchev–Trinajstić information content (AvgIpc) is 3.66. The van der Waals surface area contributed by atoms with Crippen molar-refractivity contribution in [1.29, 1.82) is 0 Å². The Labute approximate surface area is 247 Å². The second-order valence-electron chi connectivity index (χ2n) is 13.4. The molecule has 11 heteroatoms. The van der Waals surface area contributed by atoms with E-state index >= 15 is 0 Å². The zero-order chi connectivity index (χ0) is 29.8. The molecular weight excluding hydrogens is 532 g/mol. The van der Waals surface area contributed by atoms with E-state index in [1.54, 1.807) is 6.33 Å². The predicted octanol–water partition coefficient (Wildman–Crippen LogP) is 4.73. The fourth-order valence-corrected chi connectivity index (χ4v) is 6.13. The number of benzene rings is 1. The van der Waals surface area contributed by atoms with Gasteiger partial charge in [0, 0.05) is 19.0 Å². The number of unbranched alkanes of at least 4 members (excludes halogenated alkanes) is 1. The van der Waals surface area contributed by atoms with Gasteiger partial charge in [-0.15, -0.1) is 0 Å². The summed E-state index contributed by atoms with van der Waals surface area (Å²) in [6, 6.07) is 6.90. The van der Waals surface area contributed by atoms with Crippen molar-refractivity contribution < 1.29 is 14.2 Å². The van der Waals surface area contributed by atoms with Crippen LogP contribution in [0.5, 0.6) is 0 Å². The largest absolute Gasteiger partial charge is 0.382 e. The minimum atomic E-state index is -0.705. The predicted molar refractivity (Wildman–Crippen MR) is 162 cm³/mol. The van der Waals surface area contributed by atoms with Crippen LogP contribution in [0.25, 0.3) is 22.2 Å². The molecular formula is C31H44N8O3. The van der Waals surface area contributed by atoms with E-state index in [1.165, 1.54) is 11.9 Å². The summed E-state index contributed by atoms with van der Waals surface area (Å²) < 4.78 is 21.3. The number of aryl methyl sites for hydroxylation is 1. The van der Waals surface area contributed by atoms with Crippen LogP contribution >= 0.6 is 0 Å². The summed E-state index contributed by atoms with van der Waals surface area (Å²) in [6.45, 7) is 16.8. The van der Waals surface area contributed by atoms with Crippen LogP contribution < -0.4 is 5.73 Å². The van der Waals surface area contributed by atoms with Crippen molar-refractivity contribution in [1.82, 2.24) is 34.4 Å². The Morgan fingerprint density at radius 2 is 1.88 bits per heavy atom. The van der Waals surface area contributed by atoms with Gasteiger partial charge in [-0.3, -0.25) is 9.47 Å². The molecule has 1 aromatic carbocycles. The van der Waals surface area contributed by atoms with E-state index in [4.69, 9.17) is 24.9 Å². The summed E-state index contributed by atoms with van der Waals surface area (Å²) in [6.07, 6.45) is 5.07. The third kappa shape index (κ3) is 5.62. The smallest absolute Gasteiger partial charge is 0.167 e. The molecule has 0 saturated carbocycles. The molecule has 0 unspecified atom stereocenters. The number of H-pyrrole nitrogens is 1. The van der Waals surface area contributed by atoms with Crippen LogP contribution in [0, 0.1) is 0 Å². The Hall–Kier alpha value is -3.12. The summed E-state index contributed by atoms with van der Waals surface area (Å²) in [5.74, 6) is 0.688. The van der Waals surface area contributed by atoms with Crippen molar-refractivity contribution in [3.8, 4) is 0 Å². The number of imidazole rings is 2. The molecule has 0 bridgehead atoms. The van der Waals surface area contributed by atoms with Crippen molar-refractivity contribution in [3.63, 3.8) is 0 Å². The maximum Gasteiger partial charge on any atom is 0.167 e. The lowest BCUT2D eigenvalue weighted by Crippen LogP contribution is -2.43. The number of nitrogens with two attached hydrogens (primary N) is 1. The number of ether oxygens (including phenoxy) is 3. The van der Waals surface area contributed by atoms with Gasteiger partial charge in [0.1, 0.15) is 36.0 Å². The molecule has 2 aliphatic rings. The molecule has 42 heavy (non-hydrogen) atoms. The summed E-state index contributed by atoms with van der Waals surface area (Å²) in [5.41, 5.74) is 10.8. The Morgan fingerprint density at radius 3 is 2.64 bits per heavy atom. The van der Waals surface area contributed by atoms with Crippen molar-refractivity contribution in [2.45, 2.75) is 110 Å². The van der Waals surface area contributed by atoms with Gasteiger partial charge >= 0.3 is 0 Å². The number of aromatic amines is 1. The molecule has 0 spiro atoms. The number of fused-ring (bicyclic) bond motifs is 3. The fraction of sp³-hybridized carbons (Fsp3) is 0.613. The minimum absolute atomic E-state index is 0.114. The van der Waals surface area contributed by atoms with Gasteiger partial charge in [0.25, 0.3) is 0 Å². The molecule has 5 heterocycles. The number of nitrogens with one attached hydrogen (secondary N) is 1. The Bertz CT molecular complexity index is 1550. The highest BCUT2D eigenvalue weighted by Gasteiger charge is 2.56. The number of hydrogen-bond acceptors (Lipinski definition) is 9. The van der Waals surface area contributed by atoms with Gasteiger partial charge in [0.05, 0.1) is 17.4 Å². The van der Waals surface area contributed by atoms with Crippen LogP contribution in [-0.2, 0) is 26.0 Å². The first-order valence-electron chi connectivity index (χ1n) is 15.1. The van der Waals surface area contributed by atoms with E-state index in [0.29, 0.717) is 23.0 Å². The van der Waals surface area contributed by atoms with Gasteiger partial charge in [0.15, 0.2) is 23.5 Å². The van der Waals surface area contributed by atoms with Gasteiger partial charge in [-0.2, -0.15) is 0 Å². The van der Waals surface area contributed by atoms with Gasteiger partial charge in [-0.05, 0) is 70.2 Å². The summed E-state index contributed by atoms with van der Waals surface area (Å²) >= 11 is 0. The first-order chi connectivity index (χ1) is 19.9. The molecule has 226 valence electrons. The lowest BCUT2D eigenvalue weighted by atomic mass is 9.87. The van der Waals surface area contributed by atoms with Gasteiger partial charge in [0.2, 0.25) is 0 Å². The third-order valence-corrected chi connectivity index (χ3v) is 8.44. The zero-order valence-electron chi connectivity index (χ0n) is 25.8. The van der Waals surface area contributed by atoms with E-state index in [-0.39, 0.29) is 23.7 Å². The van der Waals surface area contributed by atoms with Crippen LogP contribution in [0.4, 0.5) is 5.82 Å². The molecule has 11 nitrogen and oxygen atoms in total. The standard InChI is InChI=1S/C31H44N8O3/c1-18(2)38(13-9-8-10-23-36-20-12-11-19(30(3,4)5)14-21(20)37-23)15-22-25-26(42-31(6,7)41-25)29(40-22)39-17-35-24-27(32)33-16-34-28(24)39/h11-12,14,16-18,22,25-26,29H,8-10,13,15H2,1-7H3,(H,36,37)(H2,32,33,34)/t22-,25-,26+,29-/m1/s1. The number of aromatic nitrogens is 6. The molecule has 2 saturated heterocycles. The highest BCUT2D eigenvalue weighted by molar-refractivity contribution is 5.81. The molecule has 3 aromatic heterocycles. The van der Waals surface area contributed by atoms with Crippen LogP contribution in [0.2, 0.25) is 0 Å².